The molecule has 0 unspecified atom stereocenters. The molecule has 0 amide bonds. The first-order valence-electron chi connectivity index (χ1n) is 4.31. The van der Waals surface area contributed by atoms with Gasteiger partial charge >= 0.3 is 5.97 Å². The van der Waals surface area contributed by atoms with Crippen molar-refractivity contribution in [3.63, 3.8) is 0 Å². The highest BCUT2D eigenvalue weighted by Crippen LogP contribution is 2.25. The van der Waals surface area contributed by atoms with Crippen LogP contribution in [0.2, 0.25) is 0 Å². The van der Waals surface area contributed by atoms with E-state index in [0.717, 1.165) is 12.8 Å². The minimum Gasteiger partial charge on any atom is -0.469 e. The average Bonchev–Trinajstić information content (AvgIpc) is 2.47. The van der Waals surface area contributed by atoms with Crippen LogP contribution in [0.1, 0.15) is 32.1 Å². The van der Waals surface area contributed by atoms with Gasteiger partial charge in [0.2, 0.25) is 0 Å². The molecule has 1 aliphatic carbocycles. The molecule has 0 saturated heterocycles. The van der Waals surface area contributed by atoms with Crippen molar-refractivity contribution in [3.8, 4) is 0 Å². The van der Waals surface area contributed by atoms with Crippen LogP contribution in [0.25, 0.3) is 0 Å². The molecular weight excluding hydrogens is 156 g/mol. The van der Waals surface area contributed by atoms with E-state index < -0.39 is 0 Å². The highest BCUT2D eigenvalue weighted by Gasteiger charge is 2.22. The standard InChI is InChI=1S/C9H14O3/c1-12-9(11)5-3-7-2-4-8(10)6-7/h7H,2-6H2,1H3/t7-/m0/s1. The molecule has 0 aromatic rings. The number of carbonyl (C=O) groups excluding carboxylic acids is 2. The summed E-state index contributed by atoms with van der Waals surface area (Å²) in [6.07, 6.45) is 3.57. The maximum atomic E-state index is 10.9. The van der Waals surface area contributed by atoms with Crippen molar-refractivity contribution in [2.75, 3.05) is 7.11 Å². The maximum absolute atomic E-state index is 10.9. The molecule has 0 bridgehead atoms. The number of hydrogen-bond donors (Lipinski definition) is 0. The maximum Gasteiger partial charge on any atom is 0.305 e. The molecule has 0 N–H and O–H groups in total. The van der Waals surface area contributed by atoms with E-state index in [1.807, 2.05) is 0 Å². The van der Waals surface area contributed by atoms with Gasteiger partial charge in [-0.2, -0.15) is 0 Å². The van der Waals surface area contributed by atoms with Crippen LogP contribution >= 0.6 is 0 Å². The molecule has 1 rings (SSSR count). The second kappa shape index (κ2) is 4.24. The Kier molecular flexibility index (Phi) is 3.26. The van der Waals surface area contributed by atoms with Gasteiger partial charge in [-0.05, 0) is 18.8 Å². The number of carbonyl (C=O) groups is 2. The Morgan fingerprint density at radius 1 is 1.67 bits per heavy atom. The third-order valence-corrected chi connectivity index (χ3v) is 2.33. The van der Waals surface area contributed by atoms with Crippen molar-refractivity contribution in [1.82, 2.24) is 0 Å². The Morgan fingerprint density at radius 3 is 2.92 bits per heavy atom. The lowest BCUT2D eigenvalue weighted by molar-refractivity contribution is -0.141. The normalized spacial score (nSPS) is 22.8. The molecule has 12 heavy (non-hydrogen) atoms. The Morgan fingerprint density at radius 2 is 2.42 bits per heavy atom. The fraction of sp³-hybridized carbons (Fsp3) is 0.778. The predicted molar refractivity (Wildman–Crippen MR) is 43.6 cm³/mol. The van der Waals surface area contributed by atoms with Gasteiger partial charge in [-0.25, -0.2) is 0 Å². The number of ether oxygens (including phenoxy) is 1. The Hall–Kier alpha value is -0.860. The van der Waals surface area contributed by atoms with Gasteiger partial charge in [0.1, 0.15) is 5.78 Å². The summed E-state index contributed by atoms with van der Waals surface area (Å²) < 4.78 is 4.51. The quantitative estimate of drug-likeness (QED) is 0.600. The van der Waals surface area contributed by atoms with Crippen molar-refractivity contribution in [1.29, 1.82) is 0 Å². The van der Waals surface area contributed by atoms with E-state index in [0.29, 0.717) is 31.0 Å². The van der Waals surface area contributed by atoms with Crippen LogP contribution in [0, 0.1) is 5.92 Å². The van der Waals surface area contributed by atoms with Gasteiger partial charge in [-0.15, -0.1) is 0 Å². The van der Waals surface area contributed by atoms with Crippen molar-refractivity contribution >= 4 is 11.8 Å². The van der Waals surface area contributed by atoms with Gasteiger partial charge in [0.05, 0.1) is 7.11 Å². The summed E-state index contributed by atoms with van der Waals surface area (Å²) in [7, 11) is 1.39. The first kappa shape index (κ1) is 9.23. The van der Waals surface area contributed by atoms with Crippen LogP contribution in [0.5, 0.6) is 0 Å². The largest absolute Gasteiger partial charge is 0.469 e. The summed E-state index contributed by atoms with van der Waals surface area (Å²) in [5.41, 5.74) is 0. The molecule has 0 heterocycles. The van der Waals surface area contributed by atoms with Crippen molar-refractivity contribution < 1.29 is 14.3 Å². The van der Waals surface area contributed by atoms with Gasteiger partial charge in [0.25, 0.3) is 0 Å². The van der Waals surface area contributed by atoms with Crippen LogP contribution in [0.15, 0.2) is 0 Å². The fourth-order valence-electron chi connectivity index (χ4n) is 1.56. The van der Waals surface area contributed by atoms with Gasteiger partial charge in [-0.1, -0.05) is 0 Å². The SMILES string of the molecule is COC(=O)CC[C@@H]1CCC(=O)C1. The van der Waals surface area contributed by atoms with E-state index in [4.69, 9.17) is 0 Å². The zero-order chi connectivity index (χ0) is 8.97. The number of hydrogen-bond acceptors (Lipinski definition) is 3. The molecule has 68 valence electrons. The third-order valence-electron chi connectivity index (χ3n) is 2.33. The molecule has 1 aliphatic rings. The number of methoxy groups -OCH3 is 1. The van der Waals surface area contributed by atoms with Crippen molar-refractivity contribution in [2.45, 2.75) is 32.1 Å². The minimum absolute atomic E-state index is 0.172. The molecule has 1 fully saturated rings. The molecule has 0 aromatic heterocycles. The highest BCUT2D eigenvalue weighted by atomic mass is 16.5. The lowest BCUT2D eigenvalue weighted by Crippen LogP contribution is -2.04. The molecule has 0 aliphatic heterocycles. The molecule has 3 nitrogen and oxygen atoms in total. The molecular formula is C9H14O3. The average molecular weight is 170 g/mol. The Balaban J connectivity index is 2.16. The fourth-order valence-corrected chi connectivity index (χ4v) is 1.56. The van der Waals surface area contributed by atoms with E-state index in [1.54, 1.807) is 0 Å². The van der Waals surface area contributed by atoms with E-state index in [9.17, 15) is 9.59 Å². The van der Waals surface area contributed by atoms with Crippen LogP contribution < -0.4 is 0 Å². The Labute approximate surface area is 72.1 Å². The molecule has 1 saturated carbocycles. The second-order valence-electron chi connectivity index (χ2n) is 3.26. The summed E-state index contributed by atoms with van der Waals surface area (Å²) >= 11 is 0. The first-order valence-corrected chi connectivity index (χ1v) is 4.31. The highest BCUT2D eigenvalue weighted by molar-refractivity contribution is 5.80. The van der Waals surface area contributed by atoms with Crippen LogP contribution in [0.3, 0.4) is 0 Å². The topological polar surface area (TPSA) is 43.4 Å². The monoisotopic (exact) mass is 170 g/mol. The molecule has 3 heteroatoms. The summed E-state index contributed by atoms with van der Waals surface area (Å²) in [6, 6.07) is 0. The van der Waals surface area contributed by atoms with Gasteiger partial charge in [0, 0.05) is 19.3 Å². The zero-order valence-electron chi connectivity index (χ0n) is 7.34. The molecule has 0 radical (unpaired) electrons. The van der Waals surface area contributed by atoms with Crippen LogP contribution in [0.4, 0.5) is 0 Å². The zero-order valence-corrected chi connectivity index (χ0v) is 7.34. The lowest BCUT2D eigenvalue weighted by atomic mass is 10.0. The van der Waals surface area contributed by atoms with E-state index in [-0.39, 0.29) is 5.97 Å². The second-order valence-corrected chi connectivity index (χ2v) is 3.26. The summed E-state index contributed by atoms with van der Waals surface area (Å²) in [5, 5.41) is 0. The third kappa shape index (κ3) is 2.64. The van der Waals surface area contributed by atoms with Gasteiger partial charge in [0.15, 0.2) is 0 Å². The predicted octanol–water partition coefficient (Wildman–Crippen LogP) is 1.31. The van der Waals surface area contributed by atoms with Crippen LogP contribution in [-0.4, -0.2) is 18.9 Å². The summed E-state index contributed by atoms with van der Waals surface area (Å²) in [4.78, 5) is 21.6. The van der Waals surface area contributed by atoms with Crippen molar-refractivity contribution in [3.05, 3.63) is 0 Å². The smallest absolute Gasteiger partial charge is 0.305 e. The summed E-state index contributed by atoms with van der Waals surface area (Å²) in [5.74, 6) is 0.593. The molecule has 0 aromatic carbocycles. The van der Waals surface area contributed by atoms with Gasteiger partial charge < -0.3 is 4.74 Å². The van der Waals surface area contributed by atoms with Gasteiger partial charge in [-0.3, -0.25) is 9.59 Å². The van der Waals surface area contributed by atoms with E-state index >= 15 is 0 Å². The number of ketones is 1. The number of Topliss-reactive ketones (excluding diaryl/α,β-unsaturated/α-hetero) is 1. The summed E-state index contributed by atoms with van der Waals surface area (Å²) in [6.45, 7) is 0. The van der Waals surface area contributed by atoms with Crippen LogP contribution in [-0.2, 0) is 14.3 Å². The number of esters is 1. The lowest BCUT2D eigenvalue weighted by Gasteiger charge is -2.05. The number of rotatable bonds is 3. The Bertz CT molecular complexity index is 186. The molecule has 1 atom stereocenters. The van der Waals surface area contributed by atoms with Crippen molar-refractivity contribution in [2.24, 2.45) is 5.92 Å². The minimum atomic E-state index is -0.172. The molecule has 0 spiro atoms. The van der Waals surface area contributed by atoms with E-state index in [1.165, 1.54) is 7.11 Å². The van der Waals surface area contributed by atoms with E-state index in [2.05, 4.69) is 4.74 Å². The first-order chi connectivity index (χ1) is 5.72.